The van der Waals surface area contributed by atoms with E-state index in [9.17, 15) is 4.79 Å². The molecule has 0 aliphatic carbocycles. The first-order valence-corrected chi connectivity index (χ1v) is 8.79. The van der Waals surface area contributed by atoms with Gasteiger partial charge in [-0.15, -0.1) is 0 Å². The highest BCUT2D eigenvalue weighted by Gasteiger charge is 2.26. The molecule has 2 aliphatic heterocycles. The first-order chi connectivity index (χ1) is 11.7. The quantitative estimate of drug-likeness (QED) is 0.921. The molecule has 2 aliphatic rings. The Kier molecular flexibility index (Phi) is 4.06. The standard InChI is InChI=1S/C18H23N5O/c1-2-16-20-17-8-7-14(12-23(17)21-16)19-11-18(24)22-10-9-13-5-3-4-6-15(13)22/h3-6,14,19H,2,7-12H2,1H3/t14-/m1/s1. The summed E-state index contributed by atoms with van der Waals surface area (Å²) in [5, 5.41) is 7.94. The number of nitrogens with zero attached hydrogens (tertiary/aromatic N) is 4. The maximum Gasteiger partial charge on any atom is 0.240 e. The summed E-state index contributed by atoms with van der Waals surface area (Å²) in [6, 6.07) is 8.46. The molecular weight excluding hydrogens is 302 g/mol. The Bertz CT molecular complexity index is 754. The Balaban J connectivity index is 1.35. The van der Waals surface area contributed by atoms with Gasteiger partial charge in [0.05, 0.1) is 13.1 Å². The van der Waals surface area contributed by atoms with Gasteiger partial charge in [-0.2, -0.15) is 5.10 Å². The van der Waals surface area contributed by atoms with Crippen molar-refractivity contribution in [3.63, 3.8) is 0 Å². The molecule has 1 amide bonds. The van der Waals surface area contributed by atoms with Crippen LogP contribution in [0, 0.1) is 0 Å². The molecule has 0 unspecified atom stereocenters. The van der Waals surface area contributed by atoms with Crippen molar-refractivity contribution in [3.05, 3.63) is 41.5 Å². The predicted molar refractivity (Wildman–Crippen MR) is 92.0 cm³/mol. The zero-order valence-electron chi connectivity index (χ0n) is 14.0. The van der Waals surface area contributed by atoms with Gasteiger partial charge >= 0.3 is 0 Å². The van der Waals surface area contributed by atoms with Gasteiger partial charge in [0.2, 0.25) is 5.91 Å². The van der Waals surface area contributed by atoms with Crippen molar-refractivity contribution in [3.8, 4) is 0 Å². The van der Waals surface area contributed by atoms with E-state index in [1.54, 1.807) is 0 Å². The molecule has 0 fully saturated rings. The van der Waals surface area contributed by atoms with E-state index in [0.717, 1.165) is 56.1 Å². The molecule has 0 radical (unpaired) electrons. The lowest BCUT2D eigenvalue weighted by atomic mass is 10.1. The Hall–Kier alpha value is -2.21. The van der Waals surface area contributed by atoms with E-state index in [2.05, 4.69) is 28.4 Å². The molecule has 126 valence electrons. The molecule has 6 heteroatoms. The number of fused-ring (bicyclic) bond motifs is 2. The number of anilines is 1. The molecule has 0 bridgehead atoms. The zero-order chi connectivity index (χ0) is 16.5. The van der Waals surface area contributed by atoms with Crippen molar-refractivity contribution < 1.29 is 4.79 Å². The van der Waals surface area contributed by atoms with Crippen LogP contribution in [0.1, 0.15) is 30.6 Å². The molecule has 3 heterocycles. The summed E-state index contributed by atoms with van der Waals surface area (Å²) in [6.45, 7) is 4.04. The average Bonchev–Trinajstić information content (AvgIpc) is 3.22. The molecule has 0 saturated carbocycles. The highest BCUT2D eigenvalue weighted by atomic mass is 16.2. The van der Waals surface area contributed by atoms with Gasteiger partial charge in [0.25, 0.3) is 0 Å². The van der Waals surface area contributed by atoms with E-state index >= 15 is 0 Å². The molecule has 0 spiro atoms. The molecule has 1 aromatic heterocycles. The molecule has 6 nitrogen and oxygen atoms in total. The highest BCUT2D eigenvalue weighted by molar-refractivity contribution is 5.96. The predicted octanol–water partition coefficient (Wildman–Crippen LogP) is 1.33. The monoisotopic (exact) mass is 325 g/mol. The second-order valence-corrected chi connectivity index (χ2v) is 6.52. The molecular formula is C18H23N5O. The highest BCUT2D eigenvalue weighted by Crippen LogP contribution is 2.27. The minimum Gasteiger partial charge on any atom is -0.311 e. The molecule has 0 saturated heterocycles. The van der Waals surface area contributed by atoms with E-state index in [1.165, 1.54) is 5.56 Å². The van der Waals surface area contributed by atoms with Crippen molar-refractivity contribution in [2.75, 3.05) is 18.0 Å². The fraction of sp³-hybridized carbons (Fsp3) is 0.500. The van der Waals surface area contributed by atoms with Gasteiger partial charge in [0.15, 0.2) is 5.82 Å². The van der Waals surface area contributed by atoms with Crippen molar-refractivity contribution in [1.29, 1.82) is 0 Å². The van der Waals surface area contributed by atoms with Crippen LogP contribution >= 0.6 is 0 Å². The van der Waals surface area contributed by atoms with Gasteiger partial charge in [-0.25, -0.2) is 9.67 Å². The number of amides is 1. The first-order valence-electron chi connectivity index (χ1n) is 8.79. The summed E-state index contributed by atoms with van der Waals surface area (Å²) in [4.78, 5) is 19.0. The fourth-order valence-electron chi connectivity index (χ4n) is 3.60. The normalized spacial score (nSPS) is 19.2. The van der Waals surface area contributed by atoms with Crippen molar-refractivity contribution in [2.45, 2.75) is 45.2 Å². The first kappa shape index (κ1) is 15.3. The summed E-state index contributed by atoms with van der Waals surface area (Å²) in [7, 11) is 0. The Morgan fingerprint density at radius 2 is 2.21 bits per heavy atom. The second kappa shape index (κ2) is 6.36. The van der Waals surface area contributed by atoms with Crippen LogP contribution < -0.4 is 10.2 Å². The van der Waals surface area contributed by atoms with Gasteiger partial charge in [-0.05, 0) is 24.5 Å². The molecule has 1 aromatic carbocycles. The van der Waals surface area contributed by atoms with Crippen LogP contribution in [0.5, 0.6) is 0 Å². The van der Waals surface area contributed by atoms with Gasteiger partial charge in [-0.1, -0.05) is 25.1 Å². The number of aromatic nitrogens is 3. The lowest BCUT2D eigenvalue weighted by Crippen LogP contribution is -2.44. The van der Waals surface area contributed by atoms with Crippen molar-refractivity contribution in [1.82, 2.24) is 20.1 Å². The molecule has 1 N–H and O–H groups in total. The summed E-state index contributed by atoms with van der Waals surface area (Å²) in [6.07, 6.45) is 3.75. The number of aryl methyl sites for hydroxylation is 2. The van der Waals surface area contributed by atoms with E-state index in [-0.39, 0.29) is 11.9 Å². The lowest BCUT2D eigenvalue weighted by molar-refractivity contribution is -0.117. The van der Waals surface area contributed by atoms with Crippen LogP contribution in [0.2, 0.25) is 0 Å². The fourth-order valence-corrected chi connectivity index (χ4v) is 3.60. The smallest absolute Gasteiger partial charge is 0.240 e. The minimum absolute atomic E-state index is 0.151. The molecule has 2 aromatic rings. The maximum atomic E-state index is 12.6. The van der Waals surface area contributed by atoms with Crippen molar-refractivity contribution in [2.24, 2.45) is 0 Å². The third kappa shape index (κ3) is 2.82. The Labute approximate surface area is 141 Å². The number of carbonyl (C=O) groups is 1. The van der Waals surface area contributed by atoms with Gasteiger partial charge < -0.3 is 10.2 Å². The largest absolute Gasteiger partial charge is 0.311 e. The number of benzene rings is 1. The number of nitrogens with one attached hydrogen (secondary N) is 1. The topological polar surface area (TPSA) is 63.1 Å². The third-order valence-electron chi connectivity index (χ3n) is 4.95. The van der Waals surface area contributed by atoms with Crippen LogP contribution in [0.15, 0.2) is 24.3 Å². The SMILES string of the molecule is CCc1nc2n(n1)C[C@H](NCC(=O)N1CCc3ccccc31)CC2. The summed E-state index contributed by atoms with van der Waals surface area (Å²) in [5.41, 5.74) is 2.34. The molecule has 4 rings (SSSR count). The van der Waals surface area contributed by atoms with E-state index < -0.39 is 0 Å². The number of rotatable bonds is 4. The summed E-state index contributed by atoms with van der Waals surface area (Å²) in [5.74, 6) is 2.14. The van der Waals surface area contributed by atoms with Gasteiger partial charge in [-0.3, -0.25) is 4.79 Å². The van der Waals surface area contributed by atoms with Crippen LogP contribution in [0.3, 0.4) is 0 Å². The molecule has 1 atom stereocenters. The zero-order valence-corrected chi connectivity index (χ0v) is 14.0. The van der Waals surface area contributed by atoms with Gasteiger partial charge in [0, 0.05) is 31.1 Å². The van der Waals surface area contributed by atoms with Gasteiger partial charge in [0.1, 0.15) is 5.82 Å². The Morgan fingerprint density at radius 1 is 1.33 bits per heavy atom. The van der Waals surface area contributed by atoms with Crippen LogP contribution in [-0.2, 0) is 30.6 Å². The number of hydrogen-bond donors (Lipinski definition) is 1. The number of carbonyl (C=O) groups excluding carboxylic acids is 1. The number of hydrogen-bond acceptors (Lipinski definition) is 4. The average molecular weight is 325 g/mol. The van der Waals surface area contributed by atoms with E-state index in [4.69, 9.17) is 0 Å². The Morgan fingerprint density at radius 3 is 3.08 bits per heavy atom. The van der Waals surface area contributed by atoms with Crippen LogP contribution in [-0.4, -0.2) is 39.8 Å². The van der Waals surface area contributed by atoms with Crippen molar-refractivity contribution >= 4 is 11.6 Å². The second-order valence-electron chi connectivity index (χ2n) is 6.52. The summed E-state index contributed by atoms with van der Waals surface area (Å²) >= 11 is 0. The minimum atomic E-state index is 0.151. The van der Waals surface area contributed by atoms with E-state index in [0.29, 0.717) is 6.54 Å². The van der Waals surface area contributed by atoms with E-state index in [1.807, 2.05) is 27.8 Å². The maximum absolute atomic E-state index is 12.6. The van der Waals surface area contributed by atoms with Crippen LogP contribution in [0.25, 0.3) is 0 Å². The lowest BCUT2D eigenvalue weighted by Gasteiger charge is -2.25. The third-order valence-corrected chi connectivity index (χ3v) is 4.95. The summed E-state index contributed by atoms with van der Waals surface area (Å²) < 4.78 is 2.00. The van der Waals surface area contributed by atoms with Crippen LogP contribution in [0.4, 0.5) is 5.69 Å². The number of para-hydroxylation sites is 1. The molecule has 24 heavy (non-hydrogen) atoms.